The molecule has 4 aliphatic rings. The molecule has 78 valence electrons. The van der Waals surface area contributed by atoms with Crippen molar-refractivity contribution in [2.75, 3.05) is 0 Å². The van der Waals surface area contributed by atoms with Gasteiger partial charge in [0.1, 0.15) is 5.60 Å². The van der Waals surface area contributed by atoms with Gasteiger partial charge in [0.05, 0.1) is 6.04 Å². The molecule has 3 heteroatoms. The molecule has 4 fully saturated rings. The van der Waals surface area contributed by atoms with E-state index in [0.29, 0.717) is 11.3 Å². The Bertz CT molecular complexity index is 312. The molecule has 3 saturated carbocycles. The van der Waals surface area contributed by atoms with Gasteiger partial charge in [0.15, 0.2) is 0 Å². The Kier molecular flexibility index (Phi) is 1.28. The van der Waals surface area contributed by atoms with Crippen LogP contribution in [0.3, 0.4) is 0 Å². The lowest BCUT2D eigenvalue weighted by molar-refractivity contribution is -0.185. The zero-order valence-corrected chi connectivity index (χ0v) is 8.96. The van der Waals surface area contributed by atoms with E-state index >= 15 is 0 Å². The summed E-state index contributed by atoms with van der Waals surface area (Å²) in [4.78, 5) is 11.3. The van der Waals surface area contributed by atoms with Gasteiger partial charge in [-0.2, -0.15) is 0 Å². The molecule has 0 aromatic heterocycles. The monoisotopic (exact) mass is 195 g/mol. The molecule has 1 aliphatic heterocycles. The van der Waals surface area contributed by atoms with Crippen LogP contribution in [-0.2, 0) is 4.74 Å². The first-order valence-corrected chi connectivity index (χ1v) is 5.44. The van der Waals surface area contributed by atoms with Gasteiger partial charge >= 0.3 is 6.09 Å². The van der Waals surface area contributed by atoms with Crippen LogP contribution >= 0.6 is 0 Å². The highest BCUT2D eigenvalue weighted by molar-refractivity contribution is 5.71. The van der Waals surface area contributed by atoms with Crippen molar-refractivity contribution in [2.45, 2.75) is 45.3 Å². The van der Waals surface area contributed by atoms with E-state index in [1.807, 2.05) is 0 Å². The molecule has 3 nitrogen and oxygen atoms in total. The minimum absolute atomic E-state index is 0.221. The van der Waals surface area contributed by atoms with E-state index in [1.54, 1.807) is 0 Å². The number of hydrogen-bond donors (Lipinski definition) is 1. The number of amides is 1. The maximum atomic E-state index is 11.3. The Hall–Kier alpha value is -0.730. The smallest absolute Gasteiger partial charge is 0.408 e. The molecular weight excluding hydrogens is 178 g/mol. The maximum Gasteiger partial charge on any atom is 0.408 e. The Morgan fingerprint density at radius 3 is 2.71 bits per heavy atom. The number of nitrogens with one attached hydrogen (secondary N) is 1. The first-order valence-electron chi connectivity index (χ1n) is 5.44. The lowest BCUT2D eigenvalue weighted by Crippen LogP contribution is -2.66. The van der Waals surface area contributed by atoms with Crippen molar-refractivity contribution in [1.29, 1.82) is 0 Å². The van der Waals surface area contributed by atoms with Crippen molar-refractivity contribution >= 4 is 6.09 Å². The molecule has 2 bridgehead atoms. The first-order chi connectivity index (χ1) is 6.44. The topological polar surface area (TPSA) is 38.3 Å². The summed E-state index contributed by atoms with van der Waals surface area (Å²) in [6.45, 7) is 6.70. The van der Waals surface area contributed by atoms with Crippen LogP contribution in [-0.4, -0.2) is 17.7 Å². The summed E-state index contributed by atoms with van der Waals surface area (Å²) in [5.41, 5.74) is 0.118. The van der Waals surface area contributed by atoms with Crippen LogP contribution < -0.4 is 5.32 Å². The third kappa shape index (κ3) is 0.733. The molecule has 0 aromatic carbocycles. The first kappa shape index (κ1) is 8.57. The van der Waals surface area contributed by atoms with Gasteiger partial charge in [0, 0.05) is 5.92 Å². The molecule has 4 rings (SSSR count). The molecule has 1 heterocycles. The third-order valence-electron chi connectivity index (χ3n) is 4.98. The fraction of sp³-hybridized carbons (Fsp3) is 0.909. The van der Waals surface area contributed by atoms with Crippen molar-refractivity contribution in [3.8, 4) is 0 Å². The average Bonchev–Trinajstić information content (AvgIpc) is 2.37. The highest BCUT2D eigenvalue weighted by atomic mass is 16.6. The molecule has 0 aromatic rings. The van der Waals surface area contributed by atoms with E-state index in [4.69, 9.17) is 4.74 Å². The largest absolute Gasteiger partial charge is 0.441 e. The minimum atomic E-state index is -0.241. The van der Waals surface area contributed by atoms with Crippen molar-refractivity contribution in [3.05, 3.63) is 0 Å². The maximum absolute atomic E-state index is 11.3. The van der Waals surface area contributed by atoms with Crippen LogP contribution in [0, 0.1) is 17.3 Å². The van der Waals surface area contributed by atoms with E-state index in [0.717, 1.165) is 12.3 Å². The van der Waals surface area contributed by atoms with E-state index < -0.39 is 0 Å². The van der Waals surface area contributed by atoms with E-state index in [2.05, 4.69) is 26.1 Å². The predicted molar refractivity (Wildman–Crippen MR) is 51.8 cm³/mol. The summed E-state index contributed by atoms with van der Waals surface area (Å²) in [6, 6.07) is 0.256. The average molecular weight is 195 g/mol. The number of rotatable bonds is 0. The van der Waals surface area contributed by atoms with Crippen LogP contribution in [0.2, 0.25) is 0 Å². The number of ether oxygens (including phenoxy) is 1. The van der Waals surface area contributed by atoms with Crippen molar-refractivity contribution in [2.24, 2.45) is 17.3 Å². The van der Waals surface area contributed by atoms with E-state index in [1.165, 1.54) is 6.42 Å². The standard InChI is InChI=1S/C11H17NO2/c1-10(2)6-4-7(10)11(3)8(5-6)12-9(13)14-11/h6-8H,4-5H2,1-3H3,(H,12,13)/t6-,7-,8-,11+/m0/s1. The Morgan fingerprint density at radius 2 is 2.07 bits per heavy atom. The van der Waals surface area contributed by atoms with Crippen LogP contribution in [0.1, 0.15) is 33.6 Å². The molecule has 1 saturated heterocycles. The highest BCUT2D eigenvalue weighted by Gasteiger charge is 2.67. The SMILES string of the molecule is CC1(C)[C@@H]2C[C@@H]3NC(=O)O[C@]3(C)[C@H]1C2. The van der Waals surface area contributed by atoms with Gasteiger partial charge in [0.25, 0.3) is 0 Å². The zero-order valence-electron chi connectivity index (χ0n) is 8.96. The molecule has 4 atom stereocenters. The van der Waals surface area contributed by atoms with E-state index in [9.17, 15) is 4.79 Å². The summed E-state index contributed by atoms with van der Waals surface area (Å²) in [6.07, 6.45) is 2.10. The molecule has 1 amide bonds. The van der Waals surface area contributed by atoms with Crippen molar-refractivity contribution in [1.82, 2.24) is 5.32 Å². The Morgan fingerprint density at radius 1 is 1.36 bits per heavy atom. The zero-order chi connectivity index (χ0) is 10.1. The van der Waals surface area contributed by atoms with Gasteiger partial charge < -0.3 is 10.1 Å². The highest BCUT2D eigenvalue weighted by Crippen LogP contribution is 2.64. The van der Waals surface area contributed by atoms with Gasteiger partial charge in [0.2, 0.25) is 0 Å². The fourth-order valence-electron chi connectivity index (χ4n) is 3.87. The summed E-state index contributed by atoms with van der Waals surface area (Å²) >= 11 is 0. The molecule has 0 unspecified atom stereocenters. The number of carbonyl (C=O) groups is 1. The van der Waals surface area contributed by atoms with Crippen LogP contribution in [0.5, 0.6) is 0 Å². The summed E-state index contributed by atoms with van der Waals surface area (Å²) in [5.74, 6) is 1.31. The van der Waals surface area contributed by atoms with Crippen LogP contribution in [0.4, 0.5) is 4.79 Å². The molecule has 0 spiro atoms. The fourth-order valence-corrected chi connectivity index (χ4v) is 3.87. The van der Waals surface area contributed by atoms with Crippen molar-refractivity contribution < 1.29 is 9.53 Å². The molecule has 3 aliphatic carbocycles. The lowest BCUT2D eigenvalue weighted by atomic mass is 9.43. The summed E-state index contributed by atoms with van der Waals surface area (Å²) < 4.78 is 5.49. The Labute approximate surface area is 84.2 Å². The Balaban J connectivity index is 1.98. The molecular formula is C11H17NO2. The lowest BCUT2D eigenvalue weighted by Gasteiger charge is -2.63. The normalized spacial score (nSPS) is 52.8. The van der Waals surface area contributed by atoms with Crippen molar-refractivity contribution in [3.63, 3.8) is 0 Å². The van der Waals surface area contributed by atoms with Crippen LogP contribution in [0.25, 0.3) is 0 Å². The second kappa shape index (κ2) is 2.10. The second-order valence-corrected chi connectivity index (χ2v) is 5.81. The summed E-state index contributed by atoms with van der Waals surface area (Å²) in [7, 11) is 0. The van der Waals surface area contributed by atoms with Crippen LogP contribution in [0.15, 0.2) is 0 Å². The van der Waals surface area contributed by atoms with Gasteiger partial charge in [-0.25, -0.2) is 4.79 Å². The van der Waals surface area contributed by atoms with Gasteiger partial charge in [-0.3, -0.25) is 0 Å². The molecule has 14 heavy (non-hydrogen) atoms. The van der Waals surface area contributed by atoms with Gasteiger partial charge in [-0.15, -0.1) is 0 Å². The number of hydrogen-bond acceptors (Lipinski definition) is 2. The quantitative estimate of drug-likeness (QED) is 0.641. The predicted octanol–water partition coefficient (Wildman–Crippen LogP) is 1.92. The third-order valence-corrected chi connectivity index (χ3v) is 4.98. The van der Waals surface area contributed by atoms with Gasteiger partial charge in [-0.1, -0.05) is 13.8 Å². The number of alkyl carbamates (subject to hydrolysis) is 1. The molecule has 0 radical (unpaired) electrons. The van der Waals surface area contributed by atoms with E-state index in [-0.39, 0.29) is 17.7 Å². The minimum Gasteiger partial charge on any atom is -0.441 e. The second-order valence-electron chi connectivity index (χ2n) is 5.81. The summed E-state index contributed by atoms with van der Waals surface area (Å²) in [5, 5.41) is 2.93. The number of carbonyl (C=O) groups excluding carboxylic acids is 1. The molecule has 1 N–H and O–H groups in total. The van der Waals surface area contributed by atoms with Gasteiger partial charge in [-0.05, 0) is 31.1 Å².